The van der Waals surface area contributed by atoms with Crippen molar-refractivity contribution < 1.29 is 4.74 Å². The van der Waals surface area contributed by atoms with Crippen LogP contribution in [0.3, 0.4) is 0 Å². The summed E-state index contributed by atoms with van der Waals surface area (Å²) in [6.07, 6.45) is 4.84. The van der Waals surface area contributed by atoms with Gasteiger partial charge in [0.1, 0.15) is 0 Å². The zero-order valence-electron chi connectivity index (χ0n) is 10.1. The number of rotatable bonds is 4. The second-order valence-corrected chi connectivity index (χ2v) is 5.15. The second-order valence-electron chi connectivity index (χ2n) is 5.15. The van der Waals surface area contributed by atoms with Crippen LogP contribution in [0.2, 0.25) is 0 Å². The summed E-state index contributed by atoms with van der Waals surface area (Å²) < 4.78 is 5.70. The van der Waals surface area contributed by atoms with Gasteiger partial charge in [-0.2, -0.15) is 0 Å². The first kappa shape index (κ1) is 12.0. The van der Waals surface area contributed by atoms with Crippen molar-refractivity contribution in [1.29, 1.82) is 0 Å². The van der Waals surface area contributed by atoms with Crippen LogP contribution in [0.25, 0.3) is 0 Å². The van der Waals surface area contributed by atoms with E-state index in [-0.39, 0.29) is 5.60 Å². The maximum absolute atomic E-state index is 5.70. The van der Waals surface area contributed by atoms with Crippen molar-refractivity contribution in [2.45, 2.75) is 71.1 Å². The van der Waals surface area contributed by atoms with E-state index >= 15 is 0 Å². The molecule has 1 aliphatic heterocycles. The third kappa shape index (κ3) is 3.97. The first-order valence-electron chi connectivity index (χ1n) is 5.93. The lowest BCUT2D eigenvalue weighted by Gasteiger charge is -2.37. The molecule has 0 bridgehead atoms. The molecule has 1 fully saturated rings. The number of nitrogens with one attached hydrogen (secondary N) is 1. The van der Waals surface area contributed by atoms with Crippen molar-refractivity contribution >= 4 is 0 Å². The Labute approximate surface area is 88.4 Å². The predicted molar refractivity (Wildman–Crippen MR) is 60.6 cm³/mol. The van der Waals surface area contributed by atoms with Gasteiger partial charge < -0.3 is 10.1 Å². The van der Waals surface area contributed by atoms with Crippen molar-refractivity contribution in [2.24, 2.45) is 0 Å². The summed E-state index contributed by atoms with van der Waals surface area (Å²) in [6, 6.07) is 1.30. The Morgan fingerprint density at radius 2 is 2.21 bits per heavy atom. The summed E-state index contributed by atoms with van der Waals surface area (Å²) in [6.45, 7) is 9.80. The normalized spacial score (nSPS) is 28.7. The van der Waals surface area contributed by atoms with E-state index < -0.39 is 0 Å². The molecule has 0 saturated carbocycles. The smallest absolute Gasteiger partial charge is 0.0641 e. The molecule has 0 radical (unpaired) electrons. The van der Waals surface area contributed by atoms with Gasteiger partial charge in [-0.05, 0) is 40.0 Å². The highest BCUT2D eigenvalue weighted by atomic mass is 16.5. The van der Waals surface area contributed by atoms with Crippen molar-refractivity contribution in [1.82, 2.24) is 5.32 Å². The minimum atomic E-state index is 0.0713. The maximum atomic E-state index is 5.70. The van der Waals surface area contributed by atoms with Gasteiger partial charge in [0.2, 0.25) is 0 Å². The van der Waals surface area contributed by atoms with Gasteiger partial charge in [-0.3, -0.25) is 0 Å². The van der Waals surface area contributed by atoms with Crippen molar-refractivity contribution in [2.75, 3.05) is 6.61 Å². The third-order valence-electron chi connectivity index (χ3n) is 2.94. The van der Waals surface area contributed by atoms with Crippen LogP contribution >= 0.6 is 0 Å². The highest BCUT2D eigenvalue weighted by Crippen LogP contribution is 2.24. The van der Waals surface area contributed by atoms with Crippen LogP contribution in [0, 0.1) is 0 Å². The fraction of sp³-hybridized carbons (Fsp3) is 1.00. The Hall–Kier alpha value is -0.0800. The molecule has 84 valence electrons. The van der Waals surface area contributed by atoms with Gasteiger partial charge >= 0.3 is 0 Å². The average Bonchev–Trinajstić information content (AvgIpc) is 2.02. The van der Waals surface area contributed by atoms with Gasteiger partial charge in [0.15, 0.2) is 0 Å². The fourth-order valence-electron chi connectivity index (χ4n) is 2.29. The van der Waals surface area contributed by atoms with E-state index in [9.17, 15) is 0 Å². The van der Waals surface area contributed by atoms with Crippen LogP contribution < -0.4 is 5.32 Å². The molecule has 0 spiro atoms. The summed E-state index contributed by atoms with van der Waals surface area (Å²) in [5.41, 5.74) is 0.0713. The Kier molecular flexibility index (Phi) is 4.39. The zero-order chi connectivity index (χ0) is 10.6. The molecule has 0 aromatic carbocycles. The lowest BCUT2D eigenvalue weighted by atomic mass is 9.93. The largest absolute Gasteiger partial charge is 0.375 e. The van der Waals surface area contributed by atoms with E-state index in [0.717, 1.165) is 19.4 Å². The molecule has 2 heteroatoms. The minimum Gasteiger partial charge on any atom is -0.375 e. The van der Waals surface area contributed by atoms with Crippen LogP contribution in [0.15, 0.2) is 0 Å². The number of ether oxygens (including phenoxy) is 1. The molecule has 1 heterocycles. The number of hydrogen-bond acceptors (Lipinski definition) is 2. The van der Waals surface area contributed by atoms with E-state index in [4.69, 9.17) is 4.74 Å². The second kappa shape index (κ2) is 5.13. The molecule has 1 saturated heterocycles. The quantitative estimate of drug-likeness (QED) is 0.751. The molecular weight excluding hydrogens is 174 g/mol. The van der Waals surface area contributed by atoms with Gasteiger partial charge in [-0.15, -0.1) is 0 Å². The first-order valence-corrected chi connectivity index (χ1v) is 5.93. The van der Waals surface area contributed by atoms with Crippen LogP contribution in [0.5, 0.6) is 0 Å². The highest BCUT2D eigenvalue weighted by Gasteiger charge is 2.28. The van der Waals surface area contributed by atoms with Crippen molar-refractivity contribution in [3.63, 3.8) is 0 Å². The van der Waals surface area contributed by atoms with Crippen LogP contribution in [0.4, 0.5) is 0 Å². The molecule has 0 aromatic rings. The van der Waals surface area contributed by atoms with E-state index in [0.29, 0.717) is 12.1 Å². The Balaban J connectivity index is 2.30. The number of hydrogen-bond donors (Lipinski definition) is 1. The van der Waals surface area contributed by atoms with E-state index in [1.165, 1.54) is 12.8 Å². The highest BCUT2D eigenvalue weighted by molar-refractivity contribution is 4.84. The lowest BCUT2D eigenvalue weighted by Crippen LogP contribution is -2.46. The van der Waals surface area contributed by atoms with Crippen molar-refractivity contribution in [3.8, 4) is 0 Å². The SMILES string of the molecule is CCCC(C)NC1CCOC(C)(C)C1. The molecule has 2 nitrogen and oxygen atoms in total. The summed E-state index contributed by atoms with van der Waals surface area (Å²) in [5.74, 6) is 0. The Morgan fingerprint density at radius 3 is 2.79 bits per heavy atom. The molecule has 1 aliphatic rings. The van der Waals surface area contributed by atoms with Crippen molar-refractivity contribution in [3.05, 3.63) is 0 Å². The molecule has 0 aromatic heterocycles. The molecule has 14 heavy (non-hydrogen) atoms. The fourth-order valence-corrected chi connectivity index (χ4v) is 2.29. The molecule has 2 unspecified atom stereocenters. The minimum absolute atomic E-state index is 0.0713. The molecule has 1 N–H and O–H groups in total. The van der Waals surface area contributed by atoms with E-state index in [1.54, 1.807) is 0 Å². The molecular formula is C12H25NO. The standard InChI is InChI=1S/C12H25NO/c1-5-6-10(2)13-11-7-8-14-12(3,4)9-11/h10-11,13H,5-9H2,1-4H3. The molecule has 0 amide bonds. The van der Waals surface area contributed by atoms with Gasteiger partial charge in [0.25, 0.3) is 0 Å². The Morgan fingerprint density at radius 1 is 1.50 bits per heavy atom. The maximum Gasteiger partial charge on any atom is 0.0641 e. The monoisotopic (exact) mass is 199 g/mol. The predicted octanol–water partition coefficient (Wildman–Crippen LogP) is 2.72. The summed E-state index contributed by atoms with van der Waals surface area (Å²) in [7, 11) is 0. The summed E-state index contributed by atoms with van der Waals surface area (Å²) in [5, 5.41) is 3.70. The lowest BCUT2D eigenvalue weighted by molar-refractivity contribution is -0.0640. The van der Waals surface area contributed by atoms with Gasteiger partial charge in [-0.1, -0.05) is 13.3 Å². The van der Waals surface area contributed by atoms with Gasteiger partial charge in [-0.25, -0.2) is 0 Å². The first-order chi connectivity index (χ1) is 6.53. The zero-order valence-corrected chi connectivity index (χ0v) is 10.1. The van der Waals surface area contributed by atoms with Gasteiger partial charge in [0, 0.05) is 18.7 Å². The van der Waals surface area contributed by atoms with Crippen LogP contribution in [-0.4, -0.2) is 24.3 Å². The van der Waals surface area contributed by atoms with E-state index in [2.05, 4.69) is 33.0 Å². The van der Waals surface area contributed by atoms with E-state index in [1.807, 2.05) is 0 Å². The Bertz CT molecular complexity index is 168. The third-order valence-corrected chi connectivity index (χ3v) is 2.94. The molecule has 2 atom stereocenters. The van der Waals surface area contributed by atoms with Crippen LogP contribution in [-0.2, 0) is 4.74 Å². The van der Waals surface area contributed by atoms with Gasteiger partial charge in [0.05, 0.1) is 5.60 Å². The topological polar surface area (TPSA) is 21.3 Å². The molecule has 0 aliphatic carbocycles. The summed E-state index contributed by atoms with van der Waals surface area (Å²) >= 11 is 0. The summed E-state index contributed by atoms with van der Waals surface area (Å²) in [4.78, 5) is 0. The average molecular weight is 199 g/mol. The molecule has 1 rings (SSSR count). The van der Waals surface area contributed by atoms with Crippen LogP contribution in [0.1, 0.15) is 53.4 Å².